The lowest BCUT2D eigenvalue weighted by Crippen LogP contribution is -2.16. The first-order valence-electron chi connectivity index (χ1n) is 6.84. The molecule has 1 saturated carbocycles. The maximum atomic E-state index is 5.87. The zero-order valence-corrected chi connectivity index (χ0v) is 11.5. The summed E-state index contributed by atoms with van der Waals surface area (Å²) in [5.41, 5.74) is 1.07. The van der Waals surface area contributed by atoms with E-state index >= 15 is 0 Å². The van der Waals surface area contributed by atoms with E-state index in [4.69, 9.17) is 9.47 Å². The Kier molecular flexibility index (Phi) is 3.83. The second-order valence-corrected chi connectivity index (χ2v) is 4.90. The van der Waals surface area contributed by atoms with Gasteiger partial charge in [-0.2, -0.15) is 0 Å². The Hall–Kier alpha value is -2.07. The van der Waals surface area contributed by atoms with Crippen molar-refractivity contribution in [2.24, 2.45) is 0 Å². The molecule has 20 heavy (non-hydrogen) atoms. The lowest BCUT2D eigenvalue weighted by molar-refractivity contribution is 0.406. The van der Waals surface area contributed by atoms with E-state index in [1.807, 2.05) is 36.4 Å². The Morgan fingerprint density at radius 1 is 1.20 bits per heavy atom. The Labute approximate surface area is 118 Å². The van der Waals surface area contributed by atoms with Crippen molar-refractivity contribution < 1.29 is 9.47 Å². The molecule has 0 spiro atoms. The summed E-state index contributed by atoms with van der Waals surface area (Å²) in [7, 11) is 1.64. The van der Waals surface area contributed by atoms with Crippen molar-refractivity contribution in [3.8, 4) is 17.4 Å². The van der Waals surface area contributed by atoms with Gasteiger partial charge in [-0.3, -0.25) is 0 Å². The summed E-state index contributed by atoms with van der Waals surface area (Å²) < 4.78 is 11.1. The average Bonchev–Trinajstić information content (AvgIpc) is 3.31. The SMILES string of the molecule is COc1cccc(Oc2ncccc2CNC2CC2)c1. The molecule has 2 aromatic rings. The minimum Gasteiger partial charge on any atom is -0.497 e. The van der Waals surface area contributed by atoms with Gasteiger partial charge in [0.1, 0.15) is 11.5 Å². The van der Waals surface area contributed by atoms with Crippen LogP contribution >= 0.6 is 0 Å². The standard InChI is InChI=1S/C16H18N2O2/c1-19-14-5-2-6-15(10-14)20-16-12(4-3-9-17-16)11-18-13-7-8-13/h2-6,9-10,13,18H,7-8,11H2,1H3. The van der Waals surface area contributed by atoms with Gasteiger partial charge >= 0.3 is 0 Å². The molecule has 1 aliphatic rings. The smallest absolute Gasteiger partial charge is 0.223 e. The molecule has 3 rings (SSSR count). The summed E-state index contributed by atoms with van der Waals surface area (Å²) in [6.45, 7) is 0.789. The van der Waals surface area contributed by atoms with Crippen LogP contribution in [-0.2, 0) is 6.54 Å². The molecule has 0 aliphatic heterocycles. The number of methoxy groups -OCH3 is 1. The molecule has 0 unspecified atom stereocenters. The number of ether oxygens (including phenoxy) is 2. The summed E-state index contributed by atoms with van der Waals surface area (Å²) in [5.74, 6) is 2.15. The third-order valence-electron chi connectivity index (χ3n) is 3.26. The first kappa shape index (κ1) is 12.9. The summed E-state index contributed by atoms with van der Waals surface area (Å²) in [6.07, 6.45) is 4.29. The largest absolute Gasteiger partial charge is 0.497 e. The van der Waals surface area contributed by atoms with Crippen LogP contribution < -0.4 is 14.8 Å². The minimum atomic E-state index is 0.647. The number of nitrogens with zero attached hydrogens (tertiary/aromatic N) is 1. The van der Waals surface area contributed by atoms with Crippen molar-refractivity contribution in [3.63, 3.8) is 0 Å². The van der Waals surface area contributed by atoms with E-state index < -0.39 is 0 Å². The van der Waals surface area contributed by atoms with Gasteiger partial charge in [-0.25, -0.2) is 4.98 Å². The molecule has 1 aromatic heterocycles. The van der Waals surface area contributed by atoms with E-state index in [0.717, 1.165) is 23.6 Å². The van der Waals surface area contributed by atoms with Crippen LogP contribution in [0, 0.1) is 0 Å². The van der Waals surface area contributed by atoms with Gasteiger partial charge in [0.15, 0.2) is 0 Å². The monoisotopic (exact) mass is 270 g/mol. The van der Waals surface area contributed by atoms with Gasteiger partial charge in [0.25, 0.3) is 0 Å². The molecule has 104 valence electrons. The highest BCUT2D eigenvalue weighted by molar-refractivity contribution is 5.37. The van der Waals surface area contributed by atoms with Crippen molar-refractivity contribution in [2.45, 2.75) is 25.4 Å². The summed E-state index contributed by atoms with van der Waals surface area (Å²) >= 11 is 0. The fourth-order valence-corrected chi connectivity index (χ4v) is 1.97. The van der Waals surface area contributed by atoms with Crippen molar-refractivity contribution >= 4 is 0 Å². The molecular formula is C16H18N2O2. The molecule has 0 atom stereocenters. The number of nitrogens with one attached hydrogen (secondary N) is 1. The van der Waals surface area contributed by atoms with Crippen molar-refractivity contribution in [3.05, 3.63) is 48.2 Å². The van der Waals surface area contributed by atoms with E-state index in [1.165, 1.54) is 12.8 Å². The maximum absolute atomic E-state index is 5.87. The zero-order chi connectivity index (χ0) is 13.8. The average molecular weight is 270 g/mol. The van der Waals surface area contributed by atoms with Crippen LogP contribution in [0.1, 0.15) is 18.4 Å². The second-order valence-electron chi connectivity index (χ2n) is 4.90. The lowest BCUT2D eigenvalue weighted by Gasteiger charge is -2.11. The van der Waals surface area contributed by atoms with Gasteiger partial charge in [-0.1, -0.05) is 12.1 Å². The molecule has 4 nitrogen and oxygen atoms in total. The van der Waals surface area contributed by atoms with E-state index in [1.54, 1.807) is 13.3 Å². The van der Waals surface area contributed by atoms with Crippen LogP contribution in [0.25, 0.3) is 0 Å². The lowest BCUT2D eigenvalue weighted by atomic mass is 10.2. The number of hydrogen-bond acceptors (Lipinski definition) is 4. The highest BCUT2D eigenvalue weighted by atomic mass is 16.5. The van der Waals surface area contributed by atoms with E-state index in [0.29, 0.717) is 11.9 Å². The number of aromatic nitrogens is 1. The van der Waals surface area contributed by atoms with E-state index in [2.05, 4.69) is 10.3 Å². The van der Waals surface area contributed by atoms with Crippen LogP contribution in [0.15, 0.2) is 42.6 Å². The Balaban J connectivity index is 1.74. The summed E-state index contributed by atoms with van der Waals surface area (Å²) in [4.78, 5) is 4.32. The normalized spacial score (nSPS) is 14.1. The fraction of sp³-hybridized carbons (Fsp3) is 0.312. The molecule has 0 radical (unpaired) electrons. The minimum absolute atomic E-state index is 0.647. The summed E-state index contributed by atoms with van der Waals surface area (Å²) in [5, 5.41) is 3.48. The molecule has 1 heterocycles. The van der Waals surface area contributed by atoms with Crippen molar-refractivity contribution in [1.82, 2.24) is 10.3 Å². The van der Waals surface area contributed by atoms with Crippen molar-refractivity contribution in [1.29, 1.82) is 0 Å². The van der Waals surface area contributed by atoms with Gasteiger partial charge < -0.3 is 14.8 Å². The van der Waals surface area contributed by atoms with Gasteiger partial charge in [0.05, 0.1) is 7.11 Å². The molecule has 1 aliphatic carbocycles. The van der Waals surface area contributed by atoms with Crippen LogP contribution in [0.5, 0.6) is 17.4 Å². The molecular weight excluding hydrogens is 252 g/mol. The highest BCUT2D eigenvalue weighted by Gasteiger charge is 2.20. The Morgan fingerprint density at radius 3 is 2.85 bits per heavy atom. The highest BCUT2D eigenvalue weighted by Crippen LogP contribution is 2.27. The molecule has 0 saturated heterocycles. The molecule has 0 amide bonds. The summed E-state index contributed by atoms with van der Waals surface area (Å²) in [6, 6.07) is 12.2. The number of rotatable bonds is 6. The predicted molar refractivity (Wildman–Crippen MR) is 77.2 cm³/mol. The molecule has 1 N–H and O–H groups in total. The van der Waals surface area contributed by atoms with E-state index in [-0.39, 0.29) is 0 Å². The van der Waals surface area contributed by atoms with Crippen LogP contribution in [0.4, 0.5) is 0 Å². The number of hydrogen-bond donors (Lipinski definition) is 1. The molecule has 1 fully saturated rings. The topological polar surface area (TPSA) is 43.4 Å². The van der Waals surface area contributed by atoms with Gasteiger partial charge in [0.2, 0.25) is 5.88 Å². The van der Waals surface area contributed by atoms with Crippen LogP contribution in [0.2, 0.25) is 0 Å². The third kappa shape index (κ3) is 3.27. The predicted octanol–water partition coefficient (Wildman–Crippen LogP) is 3.13. The van der Waals surface area contributed by atoms with E-state index in [9.17, 15) is 0 Å². The van der Waals surface area contributed by atoms with Gasteiger partial charge in [0, 0.05) is 30.4 Å². The maximum Gasteiger partial charge on any atom is 0.223 e. The van der Waals surface area contributed by atoms with Gasteiger partial charge in [-0.05, 0) is 31.0 Å². The first-order chi connectivity index (χ1) is 9.85. The second kappa shape index (κ2) is 5.92. The molecule has 1 aromatic carbocycles. The molecule has 4 heteroatoms. The third-order valence-corrected chi connectivity index (χ3v) is 3.26. The van der Waals surface area contributed by atoms with Gasteiger partial charge in [-0.15, -0.1) is 0 Å². The fourth-order valence-electron chi connectivity index (χ4n) is 1.97. The van der Waals surface area contributed by atoms with Crippen LogP contribution in [-0.4, -0.2) is 18.1 Å². The first-order valence-corrected chi connectivity index (χ1v) is 6.84. The Bertz CT molecular complexity index is 582. The van der Waals surface area contributed by atoms with Crippen LogP contribution in [0.3, 0.4) is 0 Å². The molecule has 0 bridgehead atoms. The zero-order valence-electron chi connectivity index (χ0n) is 11.5. The number of benzene rings is 1. The Morgan fingerprint density at radius 2 is 2.05 bits per heavy atom. The number of pyridine rings is 1. The van der Waals surface area contributed by atoms with Crippen molar-refractivity contribution in [2.75, 3.05) is 7.11 Å². The quantitative estimate of drug-likeness (QED) is 0.875.